The molecule has 0 saturated carbocycles. The number of rotatable bonds is 1. The largest absolute Gasteiger partial charge is 0.387 e. The van der Waals surface area contributed by atoms with Crippen molar-refractivity contribution in [2.45, 2.75) is 51.4 Å². The van der Waals surface area contributed by atoms with Crippen molar-refractivity contribution in [1.82, 2.24) is 4.98 Å². The average molecular weight is 268 g/mol. The van der Waals surface area contributed by atoms with E-state index in [-0.39, 0.29) is 12.2 Å². The molecule has 2 aliphatic rings. The van der Waals surface area contributed by atoms with Crippen LogP contribution in [0, 0.1) is 0 Å². The van der Waals surface area contributed by atoms with Crippen LogP contribution >= 0.6 is 11.3 Å². The van der Waals surface area contributed by atoms with Crippen molar-refractivity contribution in [1.29, 1.82) is 0 Å². The van der Waals surface area contributed by atoms with E-state index in [0.29, 0.717) is 6.04 Å². The second-order valence-electron chi connectivity index (χ2n) is 5.36. The van der Waals surface area contributed by atoms with Crippen molar-refractivity contribution < 1.29 is 9.84 Å². The Bertz CT molecular complexity index is 435. The van der Waals surface area contributed by atoms with Gasteiger partial charge in [-0.15, -0.1) is 11.3 Å². The van der Waals surface area contributed by atoms with Crippen LogP contribution in [0.1, 0.15) is 43.4 Å². The lowest BCUT2D eigenvalue weighted by molar-refractivity contribution is 0.0343. The van der Waals surface area contributed by atoms with Crippen molar-refractivity contribution in [3.05, 3.63) is 10.6 Å². The maximum atomic E-state index is 9.99. The minimum absolute atomic E-state index is 0.257. The van der Waals surface area contributed by atoms with Gasteiger partial charge in [-0.3, -0.25) is 0 Å². The first kappa shape index (κ1) is 12.4. The number of hydrogen-bond donors (Lipinski definition) is 1. The minimum atomic E-state index is -0.354. The molecule has 2 heterocycles. The van der Waals surface area contributed by atoms with Gasteiger partial charge < -0.3 is 14.7 Å². The molecule has 0 spiro atoms. The summed E-state index contributed by atoms with van der Waals surface area (Å²) in [6.45, 7) is 5.92. The van der Waals surface area contributed by atoms with Crippen LogP contribution in [0.4, 0.5) is 5.13 Å². The number of hydrogen-bond acceptors (Lipinski definition) is 5. The first-order valence-electron chi connectivity index (χ1n) is 6.71. The quantitative estimate of drug-likeness (QED) is 0.847. The van der Waals surface area contributed by atoms with E-state index in [1.807, 2.05) is 0 Å². The lowest BCUT2D eigenvalue weighted by Crippen LogP contribution is -2.47. The van der Waals surface area contributed by atoms with Crippen molar-refractivity contribution in [2.75, 3.05) is 18.1 Å². The first-order chi connectivity index (χ1) is 8.65. The molecule has 100 valence electrons. The monoisotopic (exact) mass is 268 g/mol. The maximum Gasteiger partial charge on any atom is 0.186 e. The third kappa shape index (κ3) is 2.15. The molecule has 1 aromatic rings. The molecule has 1 aliphatic carbocycles. The van der Waals surface area contributed by atoms with Gasteiger partial charge in [0.15, 0.2) is 5.13 Å². The molecule has 1 N–H and O–H groups in total. The molecule has 0 bridgehead atoms. The summed E-state index contributed by atoms with van der Waals surface area (Å²) in [4.78, 5) is 8.28. The number of aromatic nitrogens is 1. The Morgan fingerprint density at radius 1 is 1.44 bits per heavy atom. The zero-order valence-corrected chi connectivity index (χ0v) is 11.7. The summed E-state index contributed by atoms with van der Waals surface area (Å²) in [6.07, 6.45) is 2.90. The van der Waals surface area contributed by atoms with E-state index in [2.05, 4.69) is 23.7 Å². The first-order valence-corrected chi connectivity index (χ1v) is 7.52. The normalized spacial score (nSPS) is 32.4. The van der Waals surface area contributed by atoms with E-state index in [1.54, 1.807) is 11.3 Å². The second-order valence-corrected chi connectivity index (χ2v) is 6.42. The predicted molar refractivity (Wildman–Crippen MR) is 72.2 cm³/mol. The van der Waals surface area contributed by atoms with E-state index in [1.165, 1.54) is 4.88 Å². The third-order valence-electron chi connectivity index (χ3n) is 3.77. The van der Waals surface area contributed by atoms with E-state index in [4.69, 9.17) is 4.74 Å². The average Bonchev–Trinajstić information content (AvgIpc) is 2.77. The molecule has 1 fully saturated rings. The van der Waals surface area contributed by atoms with Crippen molar-refractivity contribution in [3.8, 4) is 0 Å². The lowest BCUT2D eigenvalue weighted by Gasteiger charge is -2.36. The number of aryl methyl sites for hydroxylation is 1. The summed E-state index contributed by atoms with van der Waals surface area (Å²) < 4.78 is 5.65. The number of fused-ring (bicyclic) bond motifs is 1. The number of anilines is 1. The highest BCUT2D eigenvalue weighted by Gasteiger charge is 2.29. The molecule has 1 aromatic heterocycles. The molecule has 3 rings (SSSR count). The van der Waals surface area contributed by atoms with Gasteiger partial charge in [-0.1, -0.05) is 0 Å². The van der Waals surface area contributed by atoms with Gasteiger partial charge in [0, 0.05) is 11.4 Å². The standard InChI is InChI=1S/C13H20N2O2S/c1-8-7-17-9(2)6-15(8)13-14-12-10(16)4-3-5-11(12)18-13/h8-10,16H,3-7H2,1-2H3. The molecule has 1 saturated heterocycles. The Labute approximate surface area is 112 Å². The highest BCUT2D eigenvalue weighted by atomic mass is 32.1. The Hall–Kier alpha value is -0.650. The summed E-state index contributed by atoms with van der Waals surface area (Å²) in [5.74, 6) is 0. The smallest absolute Gasteiger partial charge is 0.186 e. The molecular formula is C13H20N2O2S. The van der Waals surface area contributed by atoms with Crippen LogP contribution in [0.2, 0.25) is 0 Å². The minimum Gasteiger partial charge on any atom is -0.387 e. The number of ether oxygens (including phenoxy) is 1. The van der Waals surface area contributed by atoms with Gasteiger partial charge in [0.25, 0.3) is 0 Å². The molecule has 1 aliphatic heterocycles. The fourth-order valence-electron chi connectivity index (χ4n) is 2.68. The molecule has 3 unspecified atom stereocenters. The van der Waals surface area contributed by atoms with Gasteiger partial charge in [0.05, 0.1) is 30.6 Å². The molecule has 5 heteroatoms. The van der Waals surface area contributed by atoms with Crippen LogP contribution in [0.25, 0.3) is 0 Å². The fraction of sp³-hybridized carbons (Fsp3) is 0.769. The number of morpholine rings is 1. The van der Waals surface area contributed by atoms with E-state index in [9.17, 15) is 5.11 Å². The van der Waals surface area contributed by atoms with E-state index in [0.717, 1.165) is 43.2 Å². The van der Waals surface area contributed by atoms with Crippen LogP contribution in [0.3, 0.4) is 0 Å². The second kappa shape index (κ2) is 4.79. The number of thiazole rings is 1. The summed E-state index contributed by atoms with van der Waals surface area (Å²) in [6, 6.07) is 0.367. The topological polar surface area (TPSA) is 45.6 Å². The van der Waals surface area contributed by atoms with Crippen molar-refractivity contribution >= 4 is 16.5 Å². The van der Waals surface area contributed by atoms with Crippen molar-refractivity contribution in [3.63, 3.8) is 0 Å². The number of aliphatic hydroxyl groups excluding tert-OH is 1. The summed E-state index contributed by atoms with van der Waals surface area (Å²) >= 11 is 1.75. The van der Waals surface area contributed by atoms with Gasteiger partial charge in [-0.05, 0) is 33.1 Å². The molecule has 0 radical (unpaired) electrons. The molecular weight excluding hydrogens is 248 g/mol. The van der Waals surface area contributed by atoms with Gasteiger partial charge in [-0.2, -0.15) is 0 Å². The van der Waals surface area contributed by atoms with Gasteiger partial charge in [0.1, 0.15) is 0 Å². The third-order valence-corrected chi connectivity index (χ3v) is 4.93. The van der Waals surface area contributed by atoms with Crippen LogP contribution < -0.4 is 4.90 Å². The summed E-state index contributed by atoms with van der Waals surface area (Å²) in [5, 5.41) is 11.1. The van der Waals surface area contributed by atoms with E-state index < -0.39 is 0 Å². The number of aliphatic hydroxyl groups is 1. The van der Waals surface area contributed by atoms with Gasteiger partial charge in [-0.25, -0.2) is 4.98 Å². The number of nitrogens with zero attached hydrogens (tertiary/aromatic N) is 2. The molecule has 18 heavy (non-hydrogen) atoms. The fourth-order valence-corrected chi connectivity index (χ4v) is 3.94. The van der Waals surface area contributed by atoms with Gasteiger partial charge >= 0.3 is 0 Å². The Morgan fingerprint density at radius 3 is 3.06 bits per heavy atom. The molecule has 0 amide bonds. The maximum absolute atomic E-state index is 9.99. The SMILES string of the molecule is CC1CN(c2nc3c(s2)CCCC3O)C(C)CO1. The highest BCUT2D eigenvalue weighted by molar-refractivity contribution is 7.15. The Kier molecular flexibility index (Phi) is 3.30. The Balaban J connectivity index is 1.87. The van der Waals surface area contributed by atoms with Crippen molar-refractivity contribution in [2.24, 2.45) is 0 Å². The zero-order chi connectivity index (χ0) is 12.7. The van der Waals surface area contributed by atoms with Crippen LogP contribution in [-0.2, 0) is 11.2 Å². The summed E-state index contributed by atoms with van der Waals surface area (Å²) in [5.41, 5.74) is 0.924. The molecule has 0 aromatic carbocycles. The van der Waals surface area contributed by atoms with Crippen LogP contribution in [0.15, 0.2) is 0 Å². The Morgan fingerprint density at radius 2 is 2.28 bits per heavy atom. The zero-order valence-electron chi connectivity index (χ0n) is 10.9. The summed E-state index contributed by atoms with van der Waals surface area (Å²) in [7, 11) is 0. The molecule has 3 atom stereocenters. The van der Waals surface area contributed by atoms with Crippen LogP contribution in [0.5, 0.6) is 0 Å². The van der Waals surface area contributed by atoms with Crippen LogP contribution in [-0.4, -0.2) is 35.4 Å². The predicted octanol–water partition coefficient (Wildman–Crippen LogP) is 2.13. The van der Waals surface area contributed by atoms with E-state index >= 15 is 0 Å². The van der Waals surface area contributed by atoms with Gasteiger partial charge in [0.2, 0.25) is 0 Å². The lowest BCUT2D eigenvalue weighted by atomic mass is 10.0. The highest BCUT2D eigenvalue weighted by Crippen LogP contribution is 2.37. The molecule has 4 nitrogen and oxygen atoms in total.